The summed E-state index contributed by atoms with van der Waals surface area (Å²) in [7, 11) is -1.40. The lowest BCUT2D eigenvalue weighted by Crippen LogP contribution is -2.32. The van der Waals surface area contributed by atoms with E-state index in [4.69, 9.17) is 23.3 Å². The Labute approximate surface area is 221 Å². The minimum atomic E-state index is -1.40. The molecule has 0 aromatic rings. The van der Waals surface area contributed by atoms with E-state index < -0.39 is 8.60 Å². The molecule has 0 fully saturated rings. The zero-order valence-electron chi connectivity index (χ0n) is 23.9. The number of carbonyl (C=O) groups excluding carboxylic acids is 1. The highest BCUT2D eigenvalue weighted by Gasteiger charge is 2.33. The van der Waals surface area contributed by atoms with Crippen molar-refractivity contribution in [3.05, 3.63) is 59.3 Å². The number of allylic oxidation sites excluding steroid dienone is 5. The lowest BCUT2D eigenvalue weighted by Gasteiger charge is -2.30. The second kappa shape index (κ2) is 20.6. The predicted molar refractivity (Wildman–Crippen MR) is 150 cm³/mol. The third-order valence-corrected chi connectivity index (χ3v) is 6.50. The van der Waals surface area contributed by atoms with Crippen molar-refractivity contribution in [2.75, 3.05) is 26.4 Å². The average molecular weight is 525 g/mol. The van der Waals surface area contributed by atoms with Gasteiger partial charge in [0.2, 0.25) is 0 Å². The van der Waals surface area contributed by atoms with Gasteiger partial charge in [-0.1, -0.05) is 28.9 Å². The highest BCUT2D eigenvalue weighted by molar-refractivity contribution is 7.41. The summed E-state index contributed by atoms with van der Waals surface area (Å²) in [6.07, 6.45) is 9.06. The van der Waals surface area contributed by atoms with Gasteiger partial charge in [0, 0.05) is 12.3 Å². The van der Waals surface area contributed by atoms with Crippen LogP contribution >= 0.6 is 8.60 Å². The molecule has 0 saturated heterocycles. The molecule has 1 aliphatic carbocycles. The van der Waals surface area contributed by atoms with Gasteiger partial charge in [-0.05, 0) is 91.9 Å². The number of carbonyl (C=O) groups is 1. The van der Waals surface area contributed by atoms with E-state index in [9.17, 15) is 4.79 Å². The van der Waals surface area contributed by atoms with Crippen LogP contribution in [0.15, 0.2) is 59.3 Å². The molecular formula is C29H49O6P. The quantitative estimate of drug-likeness (QED) is 0.0664. The molecular weight excluding hydrogens is 475 g/mol. The van der Waals surface area contributed by atoms with Crippen molar-refractivity contribution >= 4 is 14.4 Å². The summed E-state index contributed by atoms with van der Waals surface area (Å²) >= 11 is 0. The molecule has 2 unspecified atom stereocenters. The molecule has 0 bridgehead atoms. The van der Waals surface area contributed by atoms with Gasteiger partial charge in [0.25, 0.3) is 0 Å². The van der Waals surface area contributed by atoms with Crippen LogP contribution in [-0.4, -0.2) is 38.3 Å². The molecule has 0 radical (unpaired) electrons. The first-order valence-corrected chi connectivity index (χ1v) is 13.9. The molecule has 7 heteroatoms. The lowest BCUT2D eigenvalue weighted by atomic mass is 9.82. The Morgan fingerprint density at radius 1 is 1.06 bits per heavy atom. The molecule has 0 heterocycles. The summed E-state index contributed by atoms with van der Waals surface area (Å²) in [5.41, 5.74) is 5.36. The molecule has 0 spiro atoms. The van der Waals surface area contributed by atoms with Crippen LogP contribution in [0.1, 0.15) is 81.1 Å². The Morgan fingerprint density at radius 2 is 1.67 bits per heavy atom. The third-order valence-electron chi connectivity index (χ3n) is 5.22. The van der Waals surface area contributed by atoms with Crippen LogP contribution in [0, 0.1) is 5.92 Å². The van der Waals surface area contributed by atoms with Gasteiger partial charge in [-0.25, -0.2) is 9.78 Å². The number of Topliss-reactive ketones (excluding diaryl/α,β-unsaturated/α-hetero) is 1. The maximum Gasteiger partial charge on any atom is 0.332 e. The second-order valence-corrected chi connectivity index (χ2v) is 10.4. The number of hydrogen-bond acceptors (Lipinski definition) is 6. The molecule has 0 aliphatic heterocycles. The highest BCUT2D eigenvalue weighted by atomic mass is 31.2. The Kier molecular flexibility index (Phi) is 19.8. The van der Waals surface area contributed by atoms with Crippen molar-refractivity contribution in [3.63, 3.8) is 0 Å². The van der Waals surface area contributed by atoms with E-state index in [1.807, 2.05) is 39.8 Å². The van der Waals surface area contributed by atoms with Crippen LogP contribution in [0.5, 0.6) is 0 Å². The third kappa shape index (κ3) is 16.4. The SMILES string of the molecule is C=C(C)CCC=C(C)C.C=C(C)CCOOC1C=C(C)C(=O)CC1/C(=C\C)COP(OCC)OCC. The van der Waals surface area contributed by atoms with Gasteiger partial charge in [0.1, 0.15) is 6.10 Å². The zero-order chi connectivity index (χ0) is 27.5. The summed E-state index contributed by atoms with van der Waals surface area (Å²) in [4.78, 5) is 23.2. The van der Waals surface area contributed by atoms with Gasteiger partial charge in [0.05, 0.1) is 26.4 Å². The fraction of sp³-hybridized carbons (Fsp3) is 0.621. The summed E-state index contributed by atoms with van der Waals surface area (Å²) in [5.74, 6) is -0.0332. The molecule has 1 aliphatic rings. The van der Waals surface area contributed by atoms with Crippen molar-refractivity contribution in [1.82, 2.24) is 0 Å². The predicted octanol–water partition coefficient (Wildman–Crippen LogP) is 8.38. The first kappa shape index (κ1) is 34.6. The van der Waals surface area contributed by atoms with Crippen LogP contribution in [0.2, 0.25) is 0 Å². The fourth-order valence-electron chi connectivity index (χ4n) is 3.17. The average Bonchev–Trinajstić information content (AvgIpc) is 2.79. The first-order chi connectivity index (χ1) is 17.0. The molecule has 6 nitrogen and oxygen atoms in total. The van der Waals surface area contributed by atoms with Crippen molar-refractivity contribution in [1.29, 1.82) is 0 Å². The Hall–Kier alpha value is -1.40. The lowest BCUT2D eigenvalue weighted by molar-refractivity contribution is -0.320. The van der Waals surface area contributed by atoms with E-state index in [0.717, 1.165) is 30.4 Å². The van der Waals surface area contributed by atoms with Gasteiger partial charge in [-0.3, -0.25) is 4.79 Å². The van der Waals surface area contributed by atoms with Crippen molar-refractivity contribution in [3.8, 4) is 0 Å². The molecule has 2 atom stereocenters. The van der Waals surface area contributed by atoms with E-state index in [1.165, 1.54) is 11.1 Å². The van der Waals surface area contributed by atoms with Gasteiger partial charge in [-0.15, -0.1) is 13.2 Å². The van der Waals surface area contributed by atoms with Crippen molar-refractivity contribution in [2.24, 2.45) is 5.92 Å². The number of hydrogen-bond donors (Lipinski definition) is 0. The first-order valence-electron chi connectivity index (χ1n) is 12.8. The van der Waals surface area contributed by atoms with Crippen LogP contribution in [-0.2, 0) is 28.1 Å². The van der Waals surface area contributed by atoms with E-state index in [2.05, 4.69) is 40.0 Å². The monoisotopic (exact) mass is 524 g/mol. The molecule has 36 heavy (non-hydrogen) atoms. The molecule has 0 aromatic carbocycles. The number of ketones is 1. The molecule has 0 saturated carbocycles. The smallest absolute Gasteiger partial charge is 0.313 e. The van der Waals surface area contributed by atoms with Crippen LogP contribution < -0.4 is 0 Å². The zero-order valence-corrected chi connectivity index (χ0v) is 24.7. The highest BCUT2D eigenvalue weighted by Crippen LogP contribution is 2.41. The number of rotatable bonds is 16. The van der Waals surface area contributed by atoms with Crippen LogP contribution in [0.3, 0.4) is 0 Å². The largest absolute Gasteiger partial charge is 0.332 e. The minimum absolute atomic E-state index is 0.109. The topological polar surface area (TPSA) is 63.2 Å². The van der Waals surface area contributed by atoms with Gasteiger partial charge in [-0.2, -0.15) is 0 Å². The Balaban J connectivity index is 0.00000115. The summed E-state index contributed by atoms with van der Waals surface area (Å²) in [6.45, 7) is 25.2. The normalized spacial score (nSPS) is 17.9. The Bertz CT molecular complexity index is 758. The molecule has 0 aromatic heterocycles. The van der Waals surface area contributed by atoms with Gasteiger partial charge >= 0.3 is 8.60 Å². The van der Waals surface area contributed by atoms with Crippen LogP contribution in [0.4, 0.5) is 0 Å². The van der Waals surface area contributed by atoms with Gasteiger partial charge in [0.15, 0.2) is 5.78 Å². The fourth-order valence-corrected chi connectivity index (χ4v) is 4.07. The summed E-state index contributed by atoms with van der Waals surface area (Å²) in [6, 6.07) is 0. The molecule has 206 valence electrons. The van der Waals surface area contributed by atoms with Gasteiger partial charge < -0.3 is 13.6 Å². The van der Waals surface area contributed by atoms with E-state index in [1.54, 1.807) is 6.92 Å². The van der Waals surface area contributed by atoms with E-state index >= 15 is 0 Å². The molecule has 0 amide bonds. The maximum atomic E-state index is 12.2. The summed E-state index contributed by atoms with van der Waals surface area (Å²) < 4.78 is 16.8. The minimum Gasteiger partial charge on any atom is -0.313 e. The molecule has 0 N–H and O–H groups in total. The van der Waals surface area contributed by atoms with E-state index in [0.29, 0.717) is 38.4 Å². The summed E-state index contributed by atoms with van der Waals surface area (Å²) in [5, 5.41) is 0. The maximum absolute atomic E-state index is 12.2. The Morgan fingerprint density at radius 3 is 2.17 bits per heavy atom. The van der Waals surface area contributed by atoms with Crippen molar-refractivity contribution < 1.29 is 28.1 Å². The van der Waals surface area contributed by atoms with Crippen molar-refractivity contribution in [2.45, 2.75) is 87.2 Å². The van der Waals surface area contributed by atoms with E-state index in [-0.39, 0.29) is 17.8 Å². The molecule has 1 rings (SSSR count). The standard InChI is InChI=1S/C20H33O6P.C9H16/c1-7-17(14-25-27(23-8-2)24-9-3)18-13-19(21)16(6)12-20(18)26-22-11-10-15(4)5;1-8(2)6-5-7-9(3)4/h7,12,18,20H,4,8-11,13-14H2,1-3,5-6H3;7H,1,5-6H2,2-4H3/b17-7-;. The van der Waals surface area contributed by atoms with Crippen LogP contribution in [0.25, 0.3) is 0 Å². The second-order valence-electron chi connectivity index (χ2n) is 9.15.